The molecule has 17 heavy (non-hydrogen) atoms. The molecule has 3 nitrogen and oxygen atoms in total. The maximum Gasteiger partial charge on any atom is 0.319 e. The van der Waals surface area contributed by atoms with Crippen LogP contribution in [-0.4, -0.2) is 19.1 Å². The van der Waals surface area contributed by atoms with Crippen LogP contribution in [0.5, 0.6) is 0 Å². The van der Waals surface area contributed by atoms with E-state index in [-0.39, 0.29) is 12.5 Å². The molecule has 0 unspecified atom stereocenters. The maximum atomic E-state index is 11.2. The topological polar surface area (TPSA) is 38.3 Å². The van der Waals surface area contributed by atoms with E-state index in [1.165, 1.54) is 22.3 Å². The number of aryl methyl sites for hydroxylation is 3. The number of hydrogen-bond acceptors (Lipinski definition) is 3. The van der Waals surface area contributed by atoms with Gasteiger partial charge in [0.15, 0.2) is 0 Å². The molecule has 0 saturated heterocycles. The van der Waals surface area contributed by atoms with E-state index in [4.69, 9.17) is 4.74 Å². The van der Waals surface area contributed by atoms with Gasteiger partial charge in [0.05, 0.1) is 13.2 Å². The van der Waals surface area contributed by atoms with Crippen LogP contribution in [0.3, 0.4) is 0 Å². The Morgan fingerprint density at radius 3 is 2.47 bits per heavy atom. The third-order valence-corrected chi connectivity index (χ3v) is 2.84. The van der Waals surface area contributed by atoms with E-state index >= 15 is 0 Å². The number of benzene rings is 1. The van der Waals surface area contributed by atoms with Crippen LogP contribution in [0.2, 0.25) is 0 Å². The normalized spacial score (nSPS) is 10.4. The highest BCUT2D eigenvalue weighted by Crippen LogP contribution is 2.14. The van der Waals surface area contributed by atoms with Gasteiger partial charge in [-0.15, -0.1) is 0 Å². The van der Waals surface area contributed by atoms with E-state index in [1.807, 2.05) is 6.92 Å². The molecule has 0 heterocycles. The monoisotopic (exact) mass is 235 g/mol. The van der Waals surface area contributed by atoms with Crippen LogP contribution in [0.4, 0.5) is 0 Å². The summed E-state index contributed by atoms with van der Waals surface area (Å²) < 4.78 is 4.85. The zero-order valence-corrected chi connectivity index (χ0v) is 11.1. The Balaban J connectivity index is 2.52. The maximum absolute atomic E-state index is 11.2. The minimum Gasteiger partial charge on any atom is -0.465 e. The van der Waals surface area contributed by atoms with Crippen molar-refractivity contribution < 1.29 is 9.53 Å². The first-order valence-electron chi connectivity index (χ1n) is 5.97. The van der Waals surface area contributed by atoms with Gasteiger partial charge in [0.1, 0.15) is 0 Å². The highest BCUT2D eigenvalue weighted by Gasteiger charge is 2.04. The lowest BCUT2D eigenvalue weighted by molar-refractivity contribution is -0.142. The van der Waals surface area contributed by atoms with E-state index in [9.17, 15) is 4.79 Å². The van der Waals surface area contributed by atoms with Crippen LogP contribution in [0.1, 0.15) is 29.2 Å². The van der Waals surface area contributed by atoms with Crippen molar-refractivity contribution in [1.82, 2.24) is 5.32 Å². The third-order valence-electron chi connectivity index (χ3n) is 2.84. The van der Waals surface area contributed by atoms with Crippen molar-refractivity contribution in [2.75, 3.05) is 13.2 Å². The predicted octanol–water partition coefficient (Wildman–Crippen LogP) is 2.26. The Bertz CT molecular complexity index is 399. The molecule has 0 fully saturated rings. The number of carbonyl (C=O) groups is 1. The molecule has 0 radical (unpaired) electrons. The van der Waals surface area contributed by atoms with Gasteiger partial charge in [-0.1, -0.05) is 12.1 Å². The van der Waals surface area contributed by atoms with E-state index in [0.29, 0.717) is 13.2 Å². The molecule has 0 aliphatic heterocycles. The molecule has 0 amide bonds. The van der Waals surface area contributed by atoms with Crippen LogP contribution < -0.4 is 5.32 Å². The van der Waals surface area contributed by atoms with Crippen LogP contribution in [0.25, 0.3) is 0 Å². The Labute approximate surface area is 103 Å². The van der Waals surface area contributed by atoms with Crippen molar-refractivity contribution in [1.29, 1.82) is 0 Å². The largest absolute Gasteiger partial charge is 0.465 e. The minimum atomic E-state index is -0.200. The molecular weight excluding hydrogens is 214 g/mol. The number of rotatable bonds is 5. The molecule has 1 aromatic carbocycles. The van der Waals surface area contributed by atoms with Gasteiger partial charge < -0.3 is 10.1 Å². The summed E-state index contributed by atoms with van der Waals surface area (Å²) in [5.74, 6) is -0.200. The van der Waals surface area contributed by atoms with E-state index in [2.05, 4.69) is 38.2 Å². The van der Waals surface area contributed by atoms with Gasteiger partial charge >= 0.3 is 5.97 Å². The molecule has 0 bridgehead atoms. The zero-order valence-electron chi connectivity index (χ0n) is 11.1. The second-order valence-electron chi connectivity index (χ2n) is 4.27. The Hall–Kier alpha value is -1.35. The number of hydrogen-bond donors (Lipinski definition) is 1. The third kappa shape index (κ3) is 4.19. The van der Waals surface area contributed by atoms with Crippen molar-refractivity contribution in [2.45, 2.75) is 34.2 Å². The molecule has 0 aliphatic carbocycles. The number of nitrogens with one attached hydrogen (secondary N) is 1. The molecular formula is C14H21NO2. The fourth-order valence-electron chi connectivity index (χ4n) is 1.72. The number of carbonyl (C=O) groups excluding carboxylic acids is 1. The van der Waals surface area contributed by atoms with Crippen molar-refractivity contribution in [3.8, 4) is 0 Å². The summed E-state index contributed by atoms with van der Waals surface area (Å²) >= 11 is 0. The van der Waals surface area contributed by atoms with Crippen molar-refractivity contribution in [3.05, 3.63) is 34.4 Å². The van der Waals surface area contributed by atoms with Crippen LogP contribution in [0.15, 0.2) is 12.1 Å². The summed E-state index contributed by atoms with van der Waals surface area (Å²) in [6.45, 7) is 9.51. The van der Waals surface area contributed by atoms with Crippen LogP contribution in [-0.2, 0) is 16.1 Å². The molecule has 0 spiro atoms. The first-order chi connectivity index (χ1) is 8.04. The van der Waals surface area contributed by atoms with E-state index in [0.717, 1.165) is 0 Å². The number of esters is 1. The van der Waals surface area contributed by atoms with E-state index < -0.39 is 0 Å². The van der Waals surface area contributed by atoms with Crippen molar-refractivity contribution in [3.63, 3.8) is 0 Å². The van der Waals surface area contributed by atoms with Crippen LogP contribution in [0, 0.1) is 20.8 Å². The van der Waals surface area contributed by atoms with Gasteiger partial charge in [-0.25, -0.2) is 0 Å². The molecule has 1 aromatic rings. The first-order valence-corrected chi connectivity index (χ1v) is 5.97. The lowest BCUT2D eigenvalue weighted by Crippen LogP contribution is -2.24. The van der Waals surface area contributed by atoms with Gasteiger partial charge in [0, 0.05) is 6.54 Å². The van der Waals surface area contributed by atoms with Gasteiger partial charge in [0.25, 0.3) is 0 Å². The zero-order chi connectivity index (χ0) is 12.8. The fourth-order valence-corrected chi connectivity index (χ4v) is 1.72. The quantitative estimate of drug-likeness (QED) is 0.796. The summed E-state index contributed by atoms with van der Waals surface area (Å²) in [4.78, 5) is 11.2. The molecule has 0 aromatic heterocycles. The average molecular weight is 235 g/mol. The highest BCUT2D eigenvalue weighted by atomic mass is 16.5. The lowest BCUT2D eigenvalue weighted by Gasteiger charge is -2.10. The summed E-state index contributed by atoms with van der Waals surface area (Å²) in [6.07, 6.45) is 0. The Morgan fingerprint density at radius 2 is 1.82 bits per heavy atom. The summed E-state index contributed by atoms with van der Waals surface area (Å²) in [6, 6.07) is 4.35. The SMILES string of the molecule is CCOC(=O)CNCc1cc(C)c(C)cc1C. The highest BCUT2D eigenvalue weighted by molar-refractivity contribution is 5.71. The summed E-state index contributed by atoms with van der Waals surface area (Å²) in [5, 5.41) is 3.10. The lowest BCUT2D eigenvalue weighted by atomic mass is 10.0. The summed E-state index contributed by atoms with van der Waals surface area (Å²) in [5.41, 5.74) is 5.07. The number of ether oxygens (including phenoxy) is 1. The van der Waals surface area contributed by atoms with Gasteiger partial charge in [-0.05, 0) is 49.9 Å². The molecule has 1 N–H and O–H groups in total. The smallest absolute Gasteiger partial charge is 0.319 e. The Morgan fingerprint density at radius 1 is 1.18 bits per heavy atom. The van der Waals surface area contributed by atoms with Gasteiger partial charge in [0.2, 0.25) is 0 Å². The standard InChI is InChI=1S/C14H21NO2/c1-5-17-14(16)9-15-8-13-7-11(3)10(2)6-12(13)4/h6-7,15H,5,8-9H2,1-4H3. The van der Waals surface area contributed by atoms with Gasteiger partial charge in [-0.3, -0.25) is 4.79 Å². The molecule has 1 rings (SSSR count). The second-order valence-corrected chi connectivity index (χ2v) is 4.27. The van der Waals surface area contributed by atoms with Crippen molar-refractivity contribution in [2.24, 2.45) is 0 Å². The molecule has 0 atom stereocenters. The van der Waals surface area contributed by atoms with Crippen molar-refractivity contribution >= 4 is 5.97 Å². The van der Waals surface area contributed by atoms with Crippen LogP contribution >= 0.6 is 0 Å². The average Bonchev–Trinajstić information content (AvgIpc) is 2.26. The predicted molar refractivity (Wildman–Crippen MR) is 69.0 cm³/mol. The van der Waals surface area contributed by atoms with Gasteiger partial charge in [-0.2, -0.15) is 0 Å². The second kappa shape index (κ2) is 6.40. The molecule has 94 valence electrons. The fraction of sp³-hybridized carbons (Fsp3) is 0.500. The molecule has 0 aliphatic rings. The first kappa shape index (κ1) is 13.7. The van der Waals surface area contributed by atoms with E-state index in [1.54, 1.807) is 0 Å². The summed E-state index contributed by atoms with van der Waals surface area (Å²) in [7, 11) is 0. The molecule has 0 saturated carbocycles. The Kier molecular flexibility index (Phi) is 5.16. The molecule has 3 heteroatoms. The minimum absolute atomic E-state index is 0.200.